The van der Waals surface area contributed by atoms with E-state index in [1.165, 1.54) is 12.1 Å². The number of hydrogen-bond donors (Lipinski definition) is 1. The summed E-state index contributed by atoms with van der Waals surface area (Å²) in [5.74, 6) is -0.274. The van der Waals surface area contributed by atoms with Crippen LogP contribution in [-0.2, 0) is 16.9 Å². The molecular weight excluding hydrogens is 489 g/mol. The van der Waals surface area contributed by atoms with E-state index in [0.717, 1.165) is 18.4 Å². The molecular formula is C29H28FN3O5. The molecule has 6 rings (SSSR count). The molecule has 1 N–H and O–H groups in total. The van der Waals surface area contributed by atoms with Gasteiger partial charge in [-0.1, -0.05) is 36.4 Å². The number of carbonyl (C=O) groups is 1. The smallest absolute Gasteiger partial charge is 0.256 e. The fourth-order valence-corrected chi connectivity index (χ4v) is 6.68. The Hall–Kier alpha value is -3.98. The van der Waals surface area contributed by atoms with Crippen molar-refractivity contribution in [2.75, 3.05) is 18.5 Å². The lowest BCUT2D eigenvalue weighted by Crippen LogP contribution is -2.55. The molecule has 3 aliphatic rings. The molecule has 196 valence electrons. The van der Waals surface area contributed by atoms with Crippen LogP contribution in [0.1, 0.15) is 42.4 Å². The number of ether oxygens (including phenoxy) is 2. The Morgan fingerprint density at radius 2 is 1.95 bits per heavy atom. The number of benzene rings is 3. The molecule has 2 saturated heterocycles. The summed E-state index contributed by atoms with van der Waals surface area (Å²) in [6.45, 7) is 2.99. The van der Waals surface area contributed by atoms with E-state index in [0.29, 0.717) is 41.5 Å². The van der Waals surface area contributed by atoms with Crippen LogP contribution in [0.15, 0.2) is 66.7 Å². The molecule has 4 atom stereocenters. The fraction of sp³-hybridized carbons (Fsp3) is 0.345. The van der Waals surface area contributed by atoms with Crippen LogP contribution in [0.5, 0.6) is 11.5 Å². The second-order valence-corrected chi connectivity index (χ2v) is 9.98. The number of hydrogen-bond acceptors (Lipinski definition) is 6. The zero-order valence-electron chi connectivity index (χ0n) is 20.9. The number of para-hydroxylation sites is 1. The Bertz CT molecular complexity index is 1410. The van der Waals surface area contributed by atoms with E-state index in [-0.39, 0.29) is 29.3 Å². The molecule has 3 aromatic rings. The minimum atomic E-state index is -1.37. The normalized spacial score (nSPS) is 25.7. The molecule has 3 aromatic carbocycles. The average molecular weight is 518 g/mol. The average Bonchev–Trinajstić information content (AvgIpc) is 3.56. The number of halogens is 1. The molecule has 0 radical (unpaired) electrons. The summed E-state index contributed by atoms with van der Waals surface area (Å²) >= 11 is 0. The molecule has 1 spiro atoms. The number of nitrogens with one attached hydrogen (secondary N) is 1. The standard InChI is InChI=1S/C29H28FN3O5/c1-2-37-25-16-19(12-13-24(25)38-17-18-7-5-8-20(30)15-18)26-23-11-6-14-32(23)29(27(26)33(35)36)21-9-3-4-10-22(21)31-28(29)34/h3-5,7-10,12-13,15-16,23,26-27H,2,6,11,14,17H2,1H3,(H,31,34)/t23-,26+,27+,29-/m0/s1. The van der Waals surface area contributed by atoms with Gasteiger partial charge in [0, 0.05) is 28.8 Å². The highest BCUT2D eigenvalue weighted by Crippen LogP contribution is 2.58. The van der Waals surface area contributed by atoms with Gasteiger partial charge < -0.3 is 14.8 Å². The lowest BCUT2D eigenvalue weighted by atomic mass is 9.77. The van der Waals surface area contributed by atoms with Crippen LogP contribution in [0.4, 0.5) is 10.1 Å². The van der Waals surface area contributed by atoms with Crippen LogP contribution in [0.3, 0.4) is 0 Å². The quantitative estimate of drug-likeness (QED) is 0.356. The van der Waals surface area contributed by atoms with Crippen LogP contribution in [0, 0.1) is 15.9 Å². The molecule has 0 aliphatic carbocycles. The van der Waals surface area contributed by atoms with Gasteiger partial charge in [0.1, 0.15) is 12.4 Å². The van der Waals surface area contributed by atoms with Crippen molar-refractivity contribution in [1.82, 2.24) is 4.90 Å². The molecule has 0 bridgehead atoms. The minimum absolute atomic E-state index is 0.147. The van der Waals surface area contributed by atoms with Crippen LogP contribution in [-0.4, -0.2) is 41.0 Å². The molecule has 0 aromatic heterocycles. The highest BCUT2D eigenvalue weighted by atomic mass is 19.1. The largest absolute Gasteiger partial charge is 0.490 e. The van der Waals surface area contributed by atoms with E-state index in [9.17, 15) is 19.3 Å². The van der Waals surface area contributed by atoms with Gasteiger partial charge in [-0.25, -0.2) is 4.39 Å². The van der Waals surface area contributed by atoms with Gasteiger partial charge in [0.25, 0.3) is 11.9 Å². The molecule has 8 nitrogen and oxygen atoms in total. The summed E-state index contributed by atoms with van der Waals surface area (Å²) in [6.07, 6.45) is 1.62. The summed E-state index contributed by atoms with van der Waals surface area (Å²) in [7, 11) is 0. The third kappa shape index (κ3) is 3.64. The Balaban J connectivity index is 1.41. The first-order valence-corrected chi connectivity index (χ1v) is 12.9. The third-order valence-electron chi connectivity index (χ3n) is 8.03. The van der Waals surface area contributed by atoms with E-state index in [1.807, 2.05) is 31.2 Å². The Morgan fingerprint density at radius 1 is 1.11 bits per heavy atom. The Morgan fingerprint density at radius 3 is 2.74 bits per heavy atom. The van der Waals surface area contributed by atoms with Gasteiger partial charge in [0.15, 0.2) is 17.0 Å². The predicted octanol–water partition coefficient (Wildman–Crippen LogP) is 4.86. The molecule has 1 amide bonds. The third-order valence-corrected chi connectivity index (χ3v) is 8.03. The monoisotopic (exact) mass is 517 g/mol. The van der Waals surface area contributed by atoms with Gasteiger partial charge in [-0.3, -0.25) is 19.8 Å². The van der Waals surface area contributed by atoms with Crippen LogP contribution in [0.2, 0.25) is 0 Å². The first-order valence-electron chi connectivity index (χ1n) is 12.9. The molecule has 38 heavy (non-hydrogen) atoms. The second kappa shape index (κ2) is 9.40. The van der Waals surface area contributed by atoms with Gasteiger partial charge in [0.2, 0.25) is 0 Å². The summed E-state index contributed by atoms with van der Waals surface area (Å²) in [4.78, 5) is 28.2. The second-order valence-electron chi connectivity index (χ2n) is 9.98. The number of carbonyl (C=O) groups excluding carboxylic acids is 1. The van der Waals surface area contributed by atoms with Gasteiger partial charge in [-0.2, -0.15) is 0 Å². The van der Waals surface area contributed by atoms with Crippen molar-refractivity contribution in [2.45, 2.75) is 49.9 Å². The van der Waals surface area contributed by atoms with Crippen LogP contribution >= 0.6 is 0 Å². The summed E-state index contributed by atoms with van der Waals surface area (Å²) in [6, 6.07) is 17.5. The maximum atomic E-state index is 13.6. The molecule has 3 heterocycles. The number of anilines is 1. The van der Waals surface area contributed by atoms with Crippen molar-refractivity contribution in [1.29, 1.82) is 0 Å². The van der Waals surface area contributed by atoms with Crippen LogP contribution < -0.4 is 14.8 Å². The number of amides is 1. The number of rotatable bonds is 7. The zero-order valence-corrected chi connectivity index (χ0v) is 20.9. The molecule has 0 saturated carbocycles. The molecule has 0 unspecified atom stereocenters. The van der Waals surface area contributed by atoms with E-state index in [1.54, 1.807) is 30.3 Å². The van der Waals surface area contributed by atoms with Crippen molar-refractivity contribution < 1.29 is 23.6 Å². The van der Waals surface area contributed by atoms with Crippen molar-refractivity contribution in [3.05, 3.63) is 99.4 Å². The fourth-order valence-electron chi connectivity index (χ4n) is 6.68. The van der Waals surface area contributed by atoms with Crippen molar-refractivity contribution in [3.8, 4) is 11.5 Å². The van der Waals surface area contributed by atoms with E-state index >= 15 is 0 Å². The summed E-state index contributed by atoms with van der Waals surface area (Å²) in [5, 5.41) is 15.7. The Kier molecular flexibility index (Phi) is 6.03. The lowest BCUT2D eigenvalue weighted by Gasteiger charge is -2.32. The highest BCUT2D eigenvalue weighted by Gasteiger charge is 2.73. The number of nitro groups is 1. The summed E-state index contributed by atoms with van der Waals surface area (Å²) < 4.78 is 25.5. The predicted molar refractivity (Wildman–Crippen MR) is 138 cm³/mol. The van der Waals surface area contributed by atoms with Crippen molar-refractivity contribution in [2.24, 2.45) is 0 Å². The van der Waals surface area contributed by atoms with Gasteiger partial charge in [0.05, 0.1) is 12.5 Å². The van der Waals surface area contributed by atoms with E-state index < -0.39 is 17.5 Å². The molecule has 9 heteroatoms. The lowest BCUT2D eigenvalue weighted by molar-refractivity contribution is -0.534. The minimum Gasteiger partial charge on any atom is -0.490 e. The topological polar surface area (TPSA) is 93.9 Å². The maximum absolute atomic E-state index is 13.6. The highest BCUT2D eigenvalue weighted by molar-refractivity contribution is 6.07. The van der Waals surface area contributed by atoms with Gasteiger partial charge >= 0.3 is 0 Å². The summed E-state index contributed by atoms with van der Waals surface area (Å²) in [5.41, 5.74) is 1.34. The van der Waals surface area contributed by atoms with Crippen LogP contribution in [0.25, 0.3) is 0 Å². The first-order chi connectivity index (χ1) is 18.4. The van der Waals surface area contributed by atoms with Crippen molar-refractivity contribution >= 4 is 11.6 Å². The SMILES string of the molecule is CCOc1cc([C@@H]2[C@@H]3CCCN3[C@]3(C(=O)Nc4ccccc43)[C@@H]2[N+](=O)[O-])ccc1OCc1cccc(F)c1. The van der Waals surface area contributed by atoms with E-state index in [4.69, 9.17) is 9.47 Å². The van der Waals surface area contributed by atoms with E-state index in [2.05, 4.69) is 10.2 Å². The number of fused-ring (bicyclic) bond motifs is 4. The van der Waals surface area contributed by atoms with Gasteiger partial charge in [-0.05, 0) is 61.2 Å². The van der Waals surface area contributed by atoms with Crippen molar-refractivity contribution in [3.63, 3.8) is 0 Å². The number of nitrogens with zero attached hydrogens (tertiary/aromatic N) is 2. The Labute approximate surface area is 219 Å². The molecule has 3 aliphatic heterocycles. The van der Waals surface area contributed by atoms with Gasteiger partial charge in [-0.15, -0.1) is 0 Å². The first kappa shape index (κ1) is 24.4. The maximum Gasteiger partial charge on any atom is 0.256 e. The molecule has 2 fully saturated rings. The zero-order chi connectivity index (χ0) is 26.4.